The minimum atomic E-state index is -4.86. The second-order valence-corrected chi connectivity index (χ2v) is 11.3. The van der Waals surface area contributed by atoms with E-state index >= 15 is 0 Å². The number of nitrogens with one attached hydrogen (secondary N) is 1. The second-order valence-electron chi connectivity index (χ2n) is 5.97. The lowest BCUT2D eigenvalue weighted by Gasteiger charge is -2.18. The van der Waals surface area contributed by atoms with Crippen LogP contribution in [0.1, 0.15) is 13.8 Å². The van der Waals surface area contributed by atoms with Crippen molar-refractivity contribution in [2.45, 2.75) is 35.6 Å². The van der Waals surface area contributed by atoms with Crippen LogP contribution in [0, 0.1) is 0 Å². The van der Waals surface area contributed by atoms with Crippen LogP contribution in [0.3, 0.4) is 0 Å². The van der Waals surface area contributed by atoms with Crippen molar-refractivity contribution in [3.8, 4) is 11.3 Å². The number of benzene rings is 1. The van der Waals surface area contributed by atoms with Gasteiger partial charge in [0.15, 0.2) is 0 Å². The Balaban J connectivity index is 2.64. The molecular formula is C16H14BrCl4FN2O4S. The van der Waals surface area contributed by atoms with Crippen LogP contribution in [0.4, 0.5) is 9.18 Å². The van der Waals surface area contributed by atoms with Gasteiger partial charge in [-0.1, -0.05) is 29.3 Å². The smallest absolute Gasteiger partial charge is 0.408 e. The molecule has 0 spiro atoms. The summed E-state index contributed by atoms with van der Waals surface area (Å²) in [5.74, 6) is 0. The fourth-order valence-electron chi connectivity index (χ4n) is 2.33. The molecule has 0 aliphatic heterocycles. The monoisotopic (exact) mass is 568 g/mol. The Morgan fingerprint density at radius 2 is 1.90 bits per heavy atom. The molecule has 0 aliphatic rings. The summed E-state index contributed by atoms with van der Waals surface area (Å²) >= 11 is 25.7. The van der Waals surface area contributed by atoms with E-state index < -0.39 is 37.6 Å². The number of nitrogens with zero attached hydrogens (tertiary/aromatic N) is 1. The molecule has 0 unspecified atom stereocenters. The van der Waals surface area contributed by atoms with E-state index in [0.29, 0.717) is 5.56 Å². The molecule has 160 valence electrons. The van der Waals surface area contributed by atoms with Crippen molar-refractivity contribution in [1.29, 1.82) is 0 Å². The van der Waals surface area contributed by atoms with Gasteiger partial charge in [-0.2, -0.15) is 4.39 Å². The Hall–Kier alpha value is -0.710. The van der Waals surface area contributed by atoms with Crippen molar-refractivity contribution in [3.63, 3.8) is 0 Å². The van der Waals surface area contributed by atoms with E-state index in [1.165, 1.54) is 12.1 Å². The SMILES string of the molecule is CC(C)OC(=O)NCn1c(S(=O)(=O)C(F)(Cl)Cl)cc(Br)c1-c1ccc(Cl)c(Cl)c1. The summed E-state index contributed by atoms with van der Waals surface area (Å²) in [6.07, 6.45) is -1.22. The molecule has 0 bridgehead atoms. The highest BCUT2D eigenvalue weighted by molar-refractivity contribution is 9.10. The van der Waals surface area contributed by atoms with Crippen LogP contribution in [0.25, 0.3) is 11.3 Å². The number of halogens is 6. The highest BCUT2D eigenvalue weighted by Gasteiger charge is 2.44. The zero-order chi connectivity index (χ0) is 22.1. The number of hydrogen-bond acceptors (Lipinski definition) is 4. The Bertz CT molecular complexity index is 1040. The molecule has 0 saturated heterocycles. The van der Waals surface area contributed by atoms with Gasteiger partial charge in [-0.25, -0.2) is 13.2 Å². The predicted molar refractivity (Wildman–Crippen MR) is 115 cm³/mol. The molecule has 2 rings (SSSR count). The lowest BCUT2D eigenvalue weighted by Crippen LogP contribution is -2.31. The topological polar surface area (TPSA) is 77.4 Å². The summed E-state index contributed by atoms with van der Waals surface area (Å²) in [7, 11) is -4.86. The van der Waals surface area contributed by atoms with Gasteiger partial charge in [-0.15, -0.1) is 0 Å². The number of rotatable bonds is 6. The highest BCUT2D eigenvalue weighted by Crippen LogP contribution is 2.41. The van der Waals surface area contributed by atoms with Crippen LogP contribution in [0.5, 0.6) is 0 Å². The standard InChI is InChI=1S/C16H14BrCl4FN2O4S/c1-8(2)28-15(25)23-7-24-13(29(26,27)16(20,21)22)6-10(17)14(24)9-3-4-11(18)12(19)5-9/h3-6,8H,7H2,1-2H3,(H,23,25). The van der Waals surface area contributed by atoms with Crippen molar-refractivity contribution in [3.05, 3.63) is 38.8 Å². The highest BCUT2D eigenvalue weighted by atomic mass is 79.9. The number of amides is 1. The molecule has 0 fully saturated rings. The summed E-state index contributed by atoms with van der Waals surface area (Å²) in [6, 6.07) is 5.66. The summed E-state index contributed by atoms with van der Waals surface area (Å²) in [4.78, 5) is 11.9. The van der Waals surface area contributed by atoms with Gasteiger partial charge in [-0.3, -0.25) is 0 Å². The van der Waals surface area contributed by atoms with Gasteiger partial charge in [0.2, 0.25) is 0 Å². The van der Waals surface area contributed by atoms with Crippen LogP contribution < -0.4 is 5.32 Å². The molecule has 1 heterocycles. The summed E-state index contributed by atoms with van der Waals surface area (Å²) in [6.45, 7) is 2.88. The first kappa shape index (κ1) is 24.6. The number of hydrogen-bond donors (Lipinski definition) is 1. The molecule has 1 aromatic carbocycles. The average Bonchev–Trinajstić information content (AvgIpc) is 2.91. The number of sulfone groups is 1. The molecule has 6 nitrogen and oxygen atoms in total. The van der Waals surface area contributed by atoms with E-state index in [2.05, 4.69) is 21.2 Å². The zero-order valence-corrected chi connectivity index (χ0v) is 20.3. The van der Waals surface area contributed by atoms with Crippen LogP contribution in [-0.4, -0.2) is 29.1 Å². The number of aromatic nitrogens is 1. The molecule has 0 radical (unpaired) electrons. The predicted octanol–water partition coefficient (Wildman–Crippen LogP) is 6.15. The van der Waals surface area contributed by atoms with Gasteiger partial charge < -0.3 is 14.6 Å². The van der Waals surface area contributed by atoms with Crippen molar-refractivity contribution >= 4 is 78.3 Å². The first-order valence-corrected chi connectivity index (χ1v) is 11.6. The molecule has 0 saturated carbocycles. The molecule has 1 aromatic heterocycles. The molecule has 2 aromatic rings. The molecule has 13 heteroatoms. The quantitative estimate of drug-likeness (QED) is 0.423. The first-order valence-electron chi connectivity index (χ1n) is 7.86. The number of ether oxygens (including phenoxy) is 1. The Morgan fingerprint density at radius 3 is 2.41 bits per heavy atom. The Morgan fingerprint density at radius 1 is 1.28 bits per heavy atom. The maximum Gasteiger partial charge on any atom is 0.408 e. The Labute approximate surface area is 195 Å². The van der Waals surface area contributed by atoms with Gasteiger partial charge in [0.25, 0.3) is 9.84 Å². The molecule has 29 heavy (non-hydrogen) atoms. The van der Waals surface area contributed by atoms with Crippen LogP contribution in [-0.2, 0) is 21.2 Å². The van der Waals surface area contributed by atoms with Crippen molar-refractivity contribution < 1.29 is 22.3 Å². The van der Waals surface area contributed by atoms with E-state index in [9.17, 15) is 17.6 Å². The molecule has 1 N–H and O–H groups in total. The molecule has 0 aliphatic carbocycles. The van der Waals surface area contributed by atoms with Crippen molar-refractivity contribution in [2.75, 3.05) is 0 Å². The summed E-state index contributed by atoms with van der Waals surface area (Å²) < 4.78 is 41.8. The Kier molecular flexibility index (Phi) is 7.79. The third-order valence-electron chi connectivity index (χ3n) is 3.51. The van der Waals surface area contributed by atoms with E-state index in [0.717, 1.165) is 10.6 Å². The van der Waals surface area contributed by atoms with Crippen molar-refractivity contribution in [1.82, 2.24) is 9.88 Å². The van der Waals surface area contributed by atoms with Gasteiger partial charge in [0.05, 0.1) is 28.5 Å². The number of carbonyl (C=O) groups is 1. The molecule has 1 amide bonds. The zero-order valence-electron chi connectivity index (χ0n) is 14.9. The third kappa shape index (κ3) is 5.51. The lowest BCUT2D eigenvalue weighted by molar-refractivity contribution is 0.113. The van der Waals surface area contributed by atoms with Crippen molar-refractivity contribution in [2.24, 2.45) is 0 Å². The number of carbonyl (C=O) groups excluding carboxylic acids is 1. The number of alkyl carbamates (subject to hydrolysis) is 1. The van der Waals surface area contributed by atoms with Gasteiger partial charge in [0.1, 0.15) is 5.03 Å². The second kappa shape index (κ2) is 9.20. The fourth-order valence-corrected chi connectivity index (χ4v) is 4.87. The first-order chi connectivity index (χ1) is 13.3. The van der Waals surface area contributed by atoms with Gasteiger partial charge in [0, 0.05) is 10.0 Å². The lowest BCUT2D eigenvalue weighted by atomic mass is 10.1. The van der Waals surface area contributed by atoms with Crippen LogP contribution in [0.15, 0.2) is 33.8 Å². The van der Waals surface area contributed by atoms with Crippen LogP contribution >= 0.6 is 62.3 Å². The van der Waals surface area contributed by atoms with E-state index in [1.807, 2.05) is 0 Å². The largest absolute Gasteiger partial charge is 0.447 e. The minimum absolute atomic E-state index is 0.204. The molecule has 0 atom stereocenters. The normalized spacial score (nSPS) is 12.3. The summed E-state index contributed by atoms with van der Waals surface area (Å²) in [5, 5.41) is 2.29. The number of alkyl halides is 3. The van der Waals surface area contributed by atoms with E-state index in [1.54, 1.807) is 19.9 Å². The van der Waals surface area contributed by atoms with Gasteiger partial charge >= 0.3 is 10.0 Å². The van der Waals surface area contributed by atoms with Gasteiger partial charge in [-0.05, 0) is 71.2 Å². The summed E-state index contributed by atoms with van der Waals surface area (Å²) in [5.41, 5.74) is 0.685. The maximum atomic E-state index is 14.0. The minimum Gasteiger partial charge on any atom is -0.447 e. The van der Waals surface area contributed by atoms with E-state index in [4.69, 9.17) is 51.1 Å². The third-order valence-corrected chi connectivity index (χ3v) is 7.57. The average molecular weight is 571 g/mol. The fraction of sp³-hybridized carbons (Fsp3) is 0.312. The molecular weight excluding hydrogens is 557 g/mol. The van der Waals surface area contributed by atoms with Crippen LogP contribution in [0.2, 0.25) is 10.0 Å². The maximum absolute atomic E-state index is 14.0. The van der Waals surface area contributed by atoms with E-state index in [-0.39, 0.29) is 20.2 Å².